The molecule has 0 aliphatic rings. The summed E-state index contributed by atoms with van der Waals surface area (Å²) < 4.78 is 0. The molecule has 0 unspecified atom stereocenters. The largest absolute Gasteiger partial charge is 0.347 e. The minimum absolute atomic E-state index is 0.168. The van der Waals surface area contributed by atoms with Gasteiger partial charge in [0.1, 0.15) is 5.69 Å². The topological polar surface area (TPSA) is 75.2 Å². The minimum atomic E-state index is -0.329. The van der Waals surface area contributed by atoms with Crippen molar-refractivity contribution in [3.63, 3.8) is 0 Å². The van der Waals surface area contributed by atoms with Crippen LogP contribution >= 0.6 is 0 Å². The van der Waals surface area contributed by atoms with Gasteiger partial charge in [-0.25, -0.2) is 0 Å². The summed E-state index contributed by atoms with van der Waals surface area (Å²) in [6.07, 6.45) is 4.83. The van der Waals surface area contributed by atoms with E-state index in [1.54, 1.807) is 23.4 Å². The zero-order chi connectivity index (χ0) is 19.9. The Morgan fingerprint density at radius 2 is 1.82 bits per heavy atom. The lowest BCUT2D eigenvalue weighted by molar-refractivity contribution is 0.0946. The predicted molar refractivity (Wildman–Crippen MR) is 108 cm³/mol. The second kappa shape index (κ2) is 8.90. The molecule has 1 N–H and O–H groups in total. The molecule has 0 aliphatic heterocycles. The van der Waals surface area contributed by atoms with Gasteiger partial charge in [0, 0.05) is 42.9 Å². The number of aryl methyl sites for hydroxylation is 1. The molecule has 0 saturated carbocycles. The standard InChI is InChI=1S/C22H22N4O2/c1-3-26(19-6-4-5-16(2)13-19)22(28)18-9-12-24-20(14-18)21(27)25-15-17-7-10-23-11-8-17/h4-14H,3,15H2,1-2H3,(H,25,27). The summed E-state index contributed by atoms with van der Waals surface area (Å²) in [6, 6.07) is 14.6. The van der Waals surface area contributed by atoms with Crippen LogP contribution in [0.5, 0.6) is 0 Å². The number of rotatable bonds is 6. The summed E-state index contributed by atoms with van der Waals surface area (Å²) in [5.74, 6) is -0.497. The summed E-state index contributed by atoms with van der Waals surface area (Å²) in [4.78, 5) is 35.2. The van der Waals surface area contributed by atoms with Gasteiger partial charge in [-0.05, 0) is 61.4 Å². The van der Waals surface area contributed by atoms with Crippen molar-refractivity contribution < 1.29 is 9.59 Å². The zero-order valence-corrected chi connectivity index (χ0v) is 15.9. The highest BCUT2D eigenvalue weighted by molar-refractivity contribution is 6.07. The molecule has 6 heteroatoms. The van der Waals surface area contributed by atoms with Gasteiger partial charge in [0.25, 0.3) is 11.8 Å². The number of pyridine rings is 2. The van der Waals surface area contributed by atoms with Crippen molar-refractivity contribution in [2.75, 3.05) is 11.4 Å². The highest BCUT2D eigenvalue weighted by Crippen LogP contribution is 2.18. The molecule has 1 aromatic carbocycles. The minimum Gasteiger partial charge on any atom is -0.347 e. The summed E-state index contributed by atoms with van der Waals surface area (Å²) >= 11 is 0. The zero-order valence-electron chi connectivity index (χ0n) is 15.9. The van der Waals surface area contributed by atoms with E-state index in [0.717, 1.165) is 16.8 Å². The predicted octanol–water partition coefficient (Wildman–Crippen LogP) is 3.38. The molecule has 2 aromatic heterocycles. The Bertz CT molecular complexity index is 973. The Labute approximate surface area is 164 Å². The first-order valence-electron chi connectivity index (χ1n) is 9.10. The van der Waals surface area contributed by atoms with Crippen molar-refractivity contribution in [3.8, 4) is 0 Å². The maximum absolute atomic E-state index is 13.0. The molecule has 0 bridgehead atoms. The summed E-state index contributed by atoms with van der Waals surface area (Å²) in [7, 11) is 0. The van der Waals surface area contributed by atoms with E-state index in [4.69, 9.17) is 0 Å². The molecule has 2 amide bonds. The number of carbonyl (C=O) groups is 2. The Hall–Kier alpha value is -3.54. The molecule has 28 heavy (non-hydrogen) atoms. The summed E-state index contributed by atoms with van der Waals surface area (Å²) in [5, 5.41) is 2.81. The van der Waals surface area contributed by atoms with Crippen LogP contribution in [-0.4, -0.2) is 28.3 Å². The Morgan fingerprint density at radius 3 is 2.54 bits per heavy atom. The fourth-order valence-electron chi connectivity index (χ4n) is 2.86. The van der Waals surface area contributed by atoms with Crippen LogP contribution < -0.4 is 10.2 Å². The Balaban J connectivity index is 1.76. The molecule has 0 radical (unpaired) electrons. The smallest absolute Gasteiger partial charge is 0.270 e. The lowest BCUT2D eigenvalue weighted by atomic mass is 10.1. The number of hydrogen-bond acceptors (Lipinski definition) is 4. The molecule has 142 valence electrons. The van der Waals surface area contributed by atoms with Crippen molar-refractivity contribution in [1.82, 2.24) is 15.3 Å². The lowest BCUT2D eigenvalue weighted by Gasteiger charge is -2.21. The van der Waals surface area contributed by atoms with Gasteiger partial charge in [-0.15, -0.1) is 0 Å². The lowest BCUT2D eigenvalue weighted by Crippen LogP contribution is -2.31. The Kier molecular flexibility index (Phi) is 6.11. The number of nitrogens with zero attached hydrogens (tertiary/aromatic N) is 3. The van der Waals surface area contributed by atoms with Crippen LogP contribution in [0.25, 0.3) is 0 Å². The second-order valence-corrected chi connectivity index (χ2v) is 6.36. The molecular weight excluding hydrogens is 352 g/mol. The molecule has 0 saturated heterocycles. The fourth-order valence-corrected chi connectivity index (χ4v) is 2.86. The number of anilines is 1. The normalized spacial score (nSPS) is 10.4. The van der Waals surface area contributed by atoms with Gasteiger partial charge in [0.15, 0.2) is 0 Å². The fraction of sp³-hybridized carbons (Fsp3) is 0.182. The highest BCUT2D eigenvalue weighted by atomic mass is 16.2. The molecular formula is C22H22N4O2. The van der Waals surface area contributed by atoms with Crippen LogP contribution in [0.2, 0.25) is 0 Å². The number of nitrogens with one attached hydrogen (secondary N) is 1. The van der Waals surface area contributed by atoms with Gasteiger partial charge < -0.3 is 10.2 Å². The third kappa shape index (κ3) is 4.59. The van der Waals surface area contributed by atoms with Crippen molar-refractivity contribution in [3.05, 3.63) is 89.5 Å². The van der Waals surface area contributed by atoms with E-state index in [9.17, 15) is 9.59 Å². The number of benzene rings is 1. The van der Waals surface area contributed by atoms with Gasteiger partial charge in [-0.2, -0.15) is 0 Å². The molecule has 6 nitrogen and oxygen atoms in total. The van der Waals surface area contributed by atoms with Crippen LogP contribution in [0.15, 0.2) is 67.1 Å². The first kappa shape index (κ1) is 19.2. The Morgan fingerprint density at radius 1 is 1.04 bits per heavy atom. The van der Waals surface area contributed by atoms with Crippen molar-refractivity contribution in [2.45, 2.75) is 20.4 Å². The monoisotopic (exact) mass is 374 g/mol. The van der Waals surface area contributed by atoms with Crippen LogP contribution in [0, 0.1) is 6.92 Å². The van der Waals surface area contributed by atoms with E-state index in [1.807, 2.05) is 50.2 Å². The first-order chi connectivity index (χ1) is 13.6. The highest BCUT2D eigenvalue weighted by Gasteiger charge is 2.18. The van der Waals surface area contributed by atoms with Crippen LogP contribution in [-0.2, 0) is 6.54 Å². The van der Waals surface area contributed by atoms with Crippen molar-refractivity contribution in [2.24, 2.45) is 0 Å². The molecule has 2 heterocycles. The molecule has 0 atom stereocenters. The maximum atomic E-state index is 13.0. The third-order valence-corrected chi connectivity index (χ3v) is 4.32. The molecule has 3 rings (SSSR count). The van der Waals surface area contributed by atoms with Gasteiger partial charge in [0.05, 0.1) is 0 Å². The van der Waals surface area contributed by atoms with E-state index in [-0.39, 0.29) is 17.5 Å². The average Bonchev–Trinajstić information content (AvgIpc) is 2.73. The molecule has 3 aromatic rings. The van der Waals surface area contributed by atoms with E-state index in [0.29, 0.717) is 18.7 Å². The van der Waals surface area contributed by atoms with E-state index >= 15 is 0 Å². The van der Waals surface area contributed by atoms with E-state index in [1.165, 1.54) is 12.3 Å². The van der Waals surface area contributed by atoms with Crippen LogP contribution in [0.3, 0.4) is 0 Å². The summed E-state index contributed by atoms with van der Waals surface area (Å²) in [5.41, 5.74) is 3.47. The third-order valence-electron chi connectivity index (χ3n) is 4.32. The molecule has 0 fully saturated rings. The van der Waals surface area contributed by atoms with E-state index in [2.05, 4.69) is 15.3 Å². The van der Waals surface area contributed by atoms with Gasteiger partial charge in [-0.3, -0.25) is 19.6 Å². The SMILES string of the molecule is CCN(C(=O)c1ccnc(C(=O)NCc2ccncc2)c1)c1cccc(C)c1. The van der Waals surface area contributed by atoms with Gasteiger partial charge >= 0.3 is 0 Å². The van der Waals surface area contributed by atoms with Crippen LogP contribution in [0.4, 0.5) is 5.69 Å². The quantitative estimate of drug-likeness (QED) is 0.718. The number of aromatic nitrogens is 2. The van der Waals surface area contributed by atoms with Gasteiger partial charge in [-0.1, -0.05) is 12.1 Å². The van der Waals surface area contributed by atoms with E-state index < -0.39 is 0 Å². The first-order valence-corrected chi connectivity index (χ1v) is 9.10. The van der Waals surface area contributed by atoms with Gasteiger partial charge in [0.2, 0.25) is 0 Å². The molecule has 0 aliphatic carbocycles. The van der Waals surface area contributed by atoms with Crippen molar-refractivity contribution >= 4 is 17.5 Å². The van der Waals surface area contributed by atoms with Crippen LogP contribution in [0.1, 0.15) is 38.9 Å². The number of hydrogen-bond donors (Lipinski definition) is 1. The number of amides is 2. The number of carbonyl (C=O) groups excluding carboxylic acids is 2. The molecule has 0 spiro atoms. The van der Waals surface area contributed by atoms with Crippen molar-refractivity contribution in [1.29, 1.82) is 0 Å². The second-order valence-electron chi connectivity index (χ2n) is 6.36. The average molecular weight is 374 g/mol. The maximum Gasteiger partial charge on any atom is 0.270 e. The summed E-state index contributed by atoms with van der Waals surface area (Å²) in [6.45, 7) is 4.79.